The number of carbonyl (C=O) groups excluding carboxylic acids is 1. The molecular weight excluding hydrogens is 360 g/mol. The summed E-state index contributed by atoms with van der Waals surface area (Å²) in [6.07, 6.45) is 7.57. The van der Waals surface area contributed by atoms with Crippen LogP contribution in [0.15, 0.2) is 40.4 Å². The van der Waals surface area contributed by atoms with Crippen molar-refractivity contribution in [2.45, 2.75) is 38.5 Å². The minimum Gasteiger partial charge on any atom is -0.420 e. The van der Waals surface area contributed by atoms with Crippen molar-refractivity contribution in [3.63, 3.8) is 0 Å². The molecule has 1 saturated carbocycles. The van der Waals surface area contributed by atoms with Crippen molar-refractivity contribution in [1.29, 1.82) is 0 Å². The van der Waals surface area contributed by atoms with E-state index in [2.05, 4.69) is 20.5 Å². The SMILES string of the molecule is Cc1csc(C(=O)NCC2CCC(c3nnc(-c4ccncc4)o3)CC2)c1. The van der Waals surface area contributed by atoms with Crippen molar-refractivity contribution < 1.29 is 9.21 Å². The van der Waals surface area contributed by atoms with Gasteiger partial charge in [0.05, 0.1) is 4.88 Å². The molecule has 0 saturated heterocycles. The number of rotatable bonds is 5. The number of nitrogens with one attached hydrogen (secondary N) is 1. The van der Waals surface area contributed by atoms with E-state index in [1.165, 1.54) is 11.3 Å². The van der Waals surface area contributed by atoms with Gasteiger partial charge in [0.15, 0.2) is 0 Å². The van der Waals surface area contributed by atoms with E-state index in [1.54, 1.807) is 12.4 Å². The highest BCUT2D eigenvalue weighted by Crippen LogP contribution is 2.35. The number of aromatic nitrogens is 3. The molecule has 0 aliphatic heterocycles. The highest BCUT2D eigenvalue weighted by Gasteiger charge is 2.27. The van der Waals surface area contributed by atoms with Gasteiger partial charge in [-0.1, -0.05) is 0 Å². The van der Waals surface area contributed by atoms with Gasteiger partial charge in [0.1, 0.15) is 0 Å². The molecule has 1 aliphatic carbocycles. The van der Waals surface area contributed by atoms with Crippen LogP contribution in [0.1, 0.15) is 52.7 Å². The number of amides is 1. The number of hydrogen-bond donors (Lipinski definition) is 1. The fraction of sp³-hybridized carbons (Fsp3) is 0.400. The van der Waals surface area contributed by atoms with E-state index in [9.17, 15) is 4.79 Å². The summed E-state index contributed by atoms with van der Waals surface area (Å²) >= 11 is 1.50. The molecule has 0 radical (unpaired) electrons. The van der Waals surface area contributed by atoms with E-state index in [1.807, 2.05) is 30.5 Å². The van der Waals surface area contributed by atoms with E-state index in [4.69, 9.17) is 4.42 Å². The minimum absolute atomic E-state index is 0.0362. The Morgan fingerprint density at radius 2 is 2.00 bits per heavy atom. The maximum atomic E-state index is 12.2. The van der Waals surface area contributed by atoms with E-state index >= 15 is 0 Å². The summed E-state index contributed by atoms with van der Waals surface area (Å²) < 4.78 is 5.88. The molecule has 0 atom stereocenters. The Balaban J connectivity index is 1.28. The Kier molecular flexibility index (Phi) is 5.29. The first-order chi connectivity index (χ1) is 13.2. The quantitative estimate of drug-likeness (QED) is 0.715. The Labute approximate surface area is 162 Å². The van der Waals surface area contributed by atoms with E-state index in [-0.39, 0.29) is 5.91 Å². The maximum absolute atomic E-state index is 12.2. The molecular formula is C20H22N4O2S. The molecule has 0 spiro atoms. The number of carbonyl (C=O) groups is 1. The van der Waals surface area contributed by atoms with Gasteiger partial charge in [0.25, 0.3) is 5.91 Å². The molecule has 1 amide bonds. The molecule has 4 rings (SSSR count). The molecule has 0 aromatic carbocycles. The first-order valence-electron chi connectivity index (χ1n) is 9.26. The normalized spacial score (nSPS) is 19.7. The molecule has 3 aromatic rings. The summed E-state index contributed by atoms with van der Waals surface area (Å²) in [5.74, 6) is 2.12. The van der Waals surface area contributed by atoms with Crippen LogP contribution >= 0.6 is 11.3 Å². The third kappa shape index (κ3) is 4.24. The van der Waals surface area contributed by atoms with Crippen LogP contribution in [0.25, 0.3) is 11.5 Å². The summed E-state index contributed by atoms with van der Waals surface area (Å²) in [5.41, 5.74) is 2.03. The number of hydrogen-bond acceptors (Lipinski definition) is 6. The Bertz CT molecular complexity index is 898. The second-order valence-corrected chi connectivity index (χ2v) is 8.01. The highest BCUT2D eigenvalue weighted by atomic mass is 32.1. The van der Waals surface area contributed by atoms with Crippen LogP contribution in [0, 0.1) is 12.8 Å². The lowest BCUT2D eigenvalue weighted by molar-refractivity contribution is 0.0946. The standard InChI is InChI=1S/C20H22N4O2S/c1-13-10-17(27-12-13)18(25)22-11-14-2-4-15(5-3-14)19-23-24-20(26-19)16-6-8-21-9-7-16/h6-10,12,14-15H,2-5,11H2,1H3,(H,22,25). The van der Waals surface area contributed by atoms with Gasteiger partial charge < -0.3 is 9.73 Å². The van der Waals surface area contributed by atoms with Crippen LogP contribution in [0.4, 0.5) is 0 Å². The fourth-order valence-electron chi connectivity index (χ4n) is 3.50. The monoisotopic (exact) mass is 382 g/mol. The molecule has 3 heterocycles. The molecule has 1 fully saturated rings. The van der Waals surface area contributed by atoms with Gasteiger partial charge in [-0.25, -0.2) is 0 Å². The Morgan fingerprint density at radius 3 is 2.70 bits per heavy atom. The van der Waals surface area contributed by atoms with Crippen LogP contribution in [-0.4, -0.2) is 27.6 Å². The summed E-state index contributed by atoms with van der Waals surface area (Å²) in [6, 6.07) is 5.67. The molecule has 7 heteroatoms. The van der Waals surface area contributed by atoms with E-state index < -0.39 is 0 Å². The van der Waals surface area contributed by atoms with Crippen molar-refractivity contribution in [2.75, 3.05) is 6.54 Å². The zero-order chi connectivity index (χ0) is 18.6. The maximum Gasteiger partial charge on any atom is 0.261 e. The Hall–Kier alpha value is -2.54. The zero-order valence-corrected chi connectivity index (χ0v) is 16.0. The molecule has 0 bridgehead atoms. The minimum atomic E-state index is 0.0362. The molecule has 27 heavy (non-hydrogen) atoms. The number of nitrogens with zero attached hydrogens (tertiary/aromatic N) is 3. The lowest BCUT2D eigenvalue weighted by atomic mass is 9.82. The molecule has 1 N–H and O–H groups in total. The lowest BCUT2D eigenvalue weighted by Crippen LogP contribution is -2.30. The van der Waals surface area contributed by atoms with E-state index in [0.717, 1.165) is 54.1 Å². The van der Waals surface area contributed by atoms with Gasteiger partial charge in [-0.05, 0) is 67.7 Å². The van der Waals surface area contributed by atoms with Gasteiger partial charge >= 0.3 is 0 Å². The smallest absolute Gasteiger partial charge is 0.261 e. The summed E-state index contributed by atoms with van der Waals surface area (Å²) in [7, 11) is 0. The highest BCUT2D eigenvalue weighted by molar-refractivity contribution is 7.12. The number of thiophene rings is 1. The second kappa shape index (κ2) is 8.00. The van der Waals surface area contributed by atoms with Crippen LogP contribution in [0.5, 0.6) is 0 Å². The van der Waals surface area contributed by atoms with Crippen molar-refractivity contribution in [2.24, 2.45) is 5.92 Å². The third-order valence-corrected chi connectivity index (χ3v) is 6.12. The molecule has 0 unspecified atom stereocenters. The second-order valence-electron chi connectivity index (χ2n) is 7.10. The van der Waals surface area contributed by atoms with Gasteiger partial charge in [-0.2, -0.15) is 0 Å². The largest absolute Gasteiger partial charge is 0.420 e. The van der Waals surface area contributed by atoms with Crippen molar-refractivity contribution in [3.8, 4) is 11.5 Å². The summed E-state index contributed by atoms with van der Waals surface area (Å²) in [6.45, 7) is 2.74. The van der Waals surface area contributed by atoms with Crippen molar-refractivity contribution >= 4 is 17.2 Å². The van der Waals surface area contributed by atoms with E-state index in [0.29, 0.717) is 17.7 Å². The summed E-state index contributed by atoms with van der Waals surface area (Å²) in [5, 5.41) is 13.5. The third-order valence-electron chi connectivity index (χ3n) is 5.07. The van der Waals surface area contributed by atoms with Crippen LogP contribution in [0.3, 0.4) is 0 Å². The van der Waals surface area contributed by atoms with Gasteiger partial charge in [-0.15, -0.1) is 21.5 Å². The van der Waals surface area contributed by atoms with Crippen molar-refractivity contribution in [3.05, 3.63) is 52.3 Å². The average Bonchev–Trinajstić information content (AvgIpc) is 3.37. The first kappa shape index (κ1) is 17.9. The fourth-order valence-corrected chi connectivity index (χ4v) is 4.31. The van der Waals surface area contributed by atoms with Gasteiger partial charge in [0, 0.05) is 30.4 Å². The average molecular weight is 382 g/mol. The Morgan fingerprint density at radius 1 is 1.22 bits per heavy atom. The summed E-state index contributed by atoms with van der Waals surface area (Å²) in [4.78, 5) is 17.0. The first-order valence-corrected chi connectivity index (χ1v) is 10.1. The molecule has 140 valence electrons. The number of aryl methyl sites for hydroxylation is 1. The molecule has 6 nitrogen and oxygen atoms in total. The predicted octanol–water partition coefficient (Wildman–Crippen LogP) is 4.21. The van der Waals surface area contributed by atoms with Crippen molar-refractivity contribution in [1.82, 2.24) is 20.5 Å². The van der Waals surface area contributed by atoms with Crippen LogP contribution < -0.4 is 5.32 Å². The zero-order valence-electron chi connectivity index (χ0n) is 15.2. The van der Waals surface area contributed by atoms with Crippen LogP contribution in [-0.2, 0) is 0 Å². The topological polar surface area (TPSA) is 80.9 Å². The predicted molar refractivity (Wildman–Crippen MR) is 104 cm³/mol. The van der Waals surface area contributed by atoms with Crippen LogP contribution in [0.2, 0.25) is 0 Å². The van der Waals surface area contributed by atoms with Gasteiger partial charge in [-0.3, -0.25) is 9.78 Å². The lowest BCUT2D eigenvalue weighted by Gasteiger charge is -2.26. The number of pyridine rings is 1. The van der Waals surface area contributed by atoms with Gasteiger partial charge in [0.2, 0.25) is 11.8 Å². The molecule has 3 aromatic heterocycles. The molecule has 1 aliphatic rings.